The minimum absolute atomic E-state index is 0.439. The van der Waals surface area contributed by atoms with Gasteiger partial charge < -0.3 is 0 Å². The number of hydrogen-bond donors (Lipinski definition) is 0. The van der Waals surface area contributed by atoms with Crippen LogP contribution in [0, 0.1) is 16.7 Å². The Bertz CT molecular complexity index is 366. The average Bonchev–Trinajstić information content (AvgIpc) is 2.23. The van der Waals surface area contributed by atoms with Gasteiger partial charge in [0.2, 0.25) is 0 Å². The predicted molar refractivity (Wildman–Crippen MR) is 68.2 cm³/mol. The van der Waals surface area contributed by atoms with E-state index in [1.807, 2.05) is 18.2 Å². The van der Waals surface area contributed by atoms with Crippen molar-refractivity contribution >= 4 is 0 Å². The van der Waals surface area contributed by atoms with Crippen molar-refractivity contribution in [2.24, 2.45) is 5.41 Å². The fourth-order valence-corrected chi connectivity index (χ4v) is 1.78. The standard InChI is InChI=1S/C15H21N/c1-15(2,3)10-5-4-7-13-8-6-9-14(11-13)12-16/h6,8-9,11H,4-5,7,10H2,1-3H3. The van der Waals surface area contributed by atoms with E-state index in [1.165, 1.54) is 24.8 Å². The van der Waals surface area contributed by atoms with Gasteiger partial charge in [-0.2, -0.15) is 5.26 Å². The molecule has 0 aliphatic carbocycles. The maximum Gasteiger partial charge on any atom is 0.0991 e. The van der Waals surface area contributed by atoms with Crippen LogP contribution in [0.25, 0.3) is 0 Å². The lowest BCUT2D eigenvalue weighted by atomic mass is 9.89. The summed E-state index contributed by atoms with van der Waals surface area (Å²) >= 11 is 0. The zero-order chi connectivity index (χ0) is 12.0. The van der Waals surface area contributed by atoms with E-state index in [0.717, 1.165) is 12.0 Å². The Morgan fingerprint density at radius 2 is 1.94 bits per heavy atom. The van der Waals surface area contributed by atoms with E-state index in [9.17, 15) is 0 Å². The molecule has 0 heterocycles. The third-order valence-corrected chi connectivity index (χ3v) is 2.70. The van der Waals surface area contributed by atoms with Gasteiger partial charge in [-0.15, -0.1) is 0 Å². The summed E-state index contributed by atoms with van der Waals surface area (Å²) in [6.45, 7) is 6.84. The number of rotatable bonds is 4. The van der Waals surface area contributed by atoms with Crippen LogP contribution in [0.5, 0.6) is 0 Å². The van der Waals surface area contributed by atoms with Gasteiger partial charge >= 0.3 is 0 Å². The van der Waals surface area contributed by atoms with Crippen LogP contribution in [-0.2, 0) is 6.42 Å². The maximum atomic E-state index is 8.79. The third-order valence-electron chi connectivity index (χ3n) is 2.70. The van der Waals surface area contributed by atoms with Crippen molar-refractivity contribution in [3.05, 3.63) is 35.4 Å². The number of unbranched alkanes of at least 4 members (excludes halogenated alkanes) is 1. The summed E-state index contributed by atoms with van der Waals surface area (Å²) in [5, 5.41) is 8.79. The van der Waals surface area contributed by atoms with E-state index in [1.54, 1.807) is 0 Å². The molecule has 0 saturated heterocycles. The van der Waals surface area contributed by atoms with Crippen molar-refractivity contribution in [2.45, 2.75) is 46.5 Å². The van der Waals surface area contributed by atoms with Gasteiger partial charge in [0.25, 0.3) is 0 Å². The zero-order valence-electron chi connectivity index (χ0n) is 10.6. The highest BCUT2D eigenvalue weighted by molar-refractivity contribution is 5.32. The fraction of sp³-hybridized carbons (Fsp3) is 0.533. The Kier molecular flexibility index (Phi) is 4.55. The molecule has 0 bridgehead atoms. The highest BCUT2D eigenvalue weighted by atomic mass is 14.2. The molecule has 0 spiro atoms. The van der Waals surface area contributed by atoms with E-state index in [4.69, 9.17) is 5.26 Å². The molecule has 1 aromatic rings. The smallest absolute Gasteiger partial charge is 0.0991 e. The molecule has 0 atom stereocenters. The van der Waals surface area contributed by atoms with E-state index >= 15 is 0 Å². The number of nitriles is 1. The zero-order valence-corrected chi connectivity index (χ0v) is 10.6. The molecular weight excluding hydrogens is 194 g/mol. The maximum absolute atomic E-state index is 8.79. The molecule has 1 nitrogen and oxygen atoms in total. The predicted octanol–water partition coefficient (Wildman–Crippen LogP) is 4.32. The number of nitrogens with zero attached hydrogens (tertiary/aromatic N) is 1. The van der Waals surface area contributed by atoms with Crippen molar-refractivity contribution < 1.29 is 0 Å². The number of hydrogen-bond acceptors (Lipinski definition) is 1. The van der Waals surface area contributed by atoms with E-state index in [2.05, 4.69) is 32.9 Å². The molecule has 0 unspecified atom stereocenters. The van der Waals surface area contributed by atoms with Crippen molar-refractivity contribution in [2.75, 3.05) is 0 Å². The molecule has 0 aliphatic heterocycles. The van der Waals surface area contributed by atoms with Crippen LogP contribution in [0.3, 0.4) is 0 Å². The van der Waals surface area contributed by atoms with E-state index in [0.29, 0.717) is 5.41 Å². The summed E-state index contributed by atoms with van der Waals surface area (Å²) in [5.74, 6) is 0. The first-order valence-electron chi connectivity index (χ1n) is 6.00. The minimum Gasteiger partial charge on any atom is -0.192 e. The normalized spacial score (nSPS) is 11.1. The number of benzene rings is 1. The Labute approximate surface area is 99.1 Å². The average molecular weight is 215 g/mol. The molecule has 16 heavy (non-hydrogen) atoms. The largest absolute Gasteiger partial charge is 0.192 e. The van der Waals surface area contributed by atoms with Gasteiger partial charge in [0.05, 0.1) is 11.6 Å². The van der Waals surface area contributed by atoms with E-state index < -0.39 is 0 Å². The van der Waals surface area contributed by atoms with Crippen LogP contribution in [-0.4, -0.2) is 0 Å². The van der Waals surface area contributed by atoms with Gasteiger partial charge in [-0.1, -0.05) is 39.3 Å². The summed E-state index contributed by atoms with van der Waals surface area (Å²) in [4.78, 5) is 0. The molecular formula is C15H21N. The summed E-state index contributed by atoms with van der Waals surface area (Å²) in [6, 6.07) is 10.1. The van der Waals surface area contributed by atoms with Crippen molar-refractivity contribution in [1.82, 2.24) is 0 Å². The van der Waals surface area contributed by atoms with Gasteiger partial charge in [0.15, 0.2) is 0 Å². The SMILES string of the molecule is CC(C)(C)CCCCc1cccc(C#N)c1. The minimum atomic E-state index is 0.439. The second kappa shape index (κ2) is 5.70. The summed E-state index contributed by atoms with van der Waals surface area (Å²) in [7, 11) is 0. The van der Waals surface area contributed by atoms with Gasteiger partial charge in [-0.05, 0) is 42.4 Å². The van der Waals surface area contributed by atoms with Crippen LogP contribution >= 0.6 is 0 Å². The quantitative estimate of drug-likeness (QED) is 0.686. The second-order valence-corrected chi connectivity index (χ2v) is 5.58. The topological polar surface area (TPSA) is 23.8 Å². The fourth-order valence-electron chi connectivity index (χ4n) is 1.78. The highest BCUT2D eigenvalue weighted by Crippen LogP contribution is 2.22. The Balaban J connectivity index is 2.35. The molecule has 0 aromatic heterocycles. The molecule has 0 radical (unpaired) electrons. The summed E-state index contributed by atoms with van der Waals surface area (Å²) in [5.41, 5.74) is 2.50. The number of aryl methyl sites for hydroxylation is 1. The van der Waals surface area contributed by atoms with Crippen LogP contribution in [0.2, 0.25) is 0 Å². The first-order chi connectivity index (χ1) is 7.51. The summed E-state index contributed by atoms with van der Waals surface area (Å²) in [6.07, 6.45) is 4.84. The molecule has 1 rings (SSSR count). The molecule has 1 aromatic carbocycles. The lowest BCUT2D eigenvalue weighted by molar-refractivity contribution is 0.360. The molecule has 0 fully saturated rings. The molecule has 0 saturated carbocycles. The molecule has 0 aliphatic rings. The Hall–Kier alpha value is -1.29. The van der Waals surface area contributed by atoms with Crippen molar-refractivity contribution in [1.29, 1.82) is 5.26 Å². The third kappa shape index (κ3) is 4.98. The monoisotopic (exact) mass is 215 g/mol. The van der Waals surface area contributed by atoms with Gasteiger partial charge in [0.1, 0.15) is 0 Å². The Morgan fingerprint density at radius 1 is 1.19 bits per heavy atom. The molecule has 0 N–H and O–H groups in total. The van der Waals surface area contributed by atoms with Gasteiger partial charge in [0, 0.05) is 0 Å². The van der Waals surface area contributed by atoms with Crippen LogP contribution in [0.15, 0.2) is 24.3 Å². The van der Waals surface area contributed by atoms with Crippen molar-refractivity contribution in [3.63, 3.8) is 0 Å². The van der Waals surface area contributed by atoms with Crippen LogP contribution < -0.4 is 0 Å². The molecule has 0 amide bonds. The lowest BCUT2D eigenvalue weighted by Crippen LogP contribution is -2.04. The lowest BCUT2D eigenvalue weighted by Gasteiger charge is -2.17. The Morgan fingerprint density at radius 3 is 2.56 bits per heavy atom. The van der Waals surface area contributed by atoms with Crippen LogP contribution in [0.1, 0.15) is 51.2 Å². The first kappa shape index (κ1) is 12.8. The summed E-state index contributed by atoms with van der Waals surface area (Å²) < 4.78 is 0. The highest BCUT2D eigenvalue weighted by Gasteiger charge is 2.08. The first-order valence-corrected chi connectivity index (χ1v) is 6.00. The second-order valence-electron chi connectivity index (χ2n) is 5.58. The van der Waals surface area contributed by atoms with Crippen molar-refractivity contribution in [3.8, 4) is 6.07 Å². The van der Waals surface area contributed by atoms with Gasteiger partial charge in [-0.3, -0.25) is 0 Å². The molecule has 1 heteroatoms. The van der Waals surface area contributed by atoms with E-state index in [-0.39, 0.29) is 0 Å². The molecule has 86 valence electrons. The van der Waals surface area contributed by atoms with Gasteiger partial charge in [-0.25, -0.2) is 0 Å². The van der Waals surface area contributed by atoms with Crippen LogP contribution in [0.4, 0.5) is 0 Å².